The van der Waals surface area contributed by atoms with Gasteiger partial charge in [-0.05, 0) is 50.9 Å². The Bertz CT molecular complexity index is 527. The maximum Gasteiger partial charge on any atom is 0.516 e. The molecule has 0 aliphatic carbocycles. The van der Waals surface area contributed by atoms with Crippen LogP contribution < -0.4 is 0 Å². The molecule has 0 amide bonds. The van der Waals surface area contributed by atoms with Gasteiger partial charge in [0.15, 0.2) is 0 Å². The summed E-state index contributed by atoms with van der Waals surface area (Å²) < 4.78 is 9.38. The van der Waals surface area contributed by atoms with E-state index in [1.165, 1.54) is 25.7 Å². The molecule has 0 unspecified atom stereocenters. The molecule has 0 spiro atoms. The third kappa shape index (κ3) is 22.1. The Morgan fingerprint density at radius 3 is 1.79 bits per heavy atom. The van der Waals surface area contributed by atoms with E-state index in [-0.39, 0.29) is 18.9 Å². The van der Waals surface area contributed by atoms with Crippen molar-refractivity contribution in [2.24, 2.45) is 5.92 Å². The third-order valence-electron chi connectivity index (χ3n) is 3.94. The van der Waals surface area contributed by atoms with Crippen LogP contribution in [0, 0.1) is 5.92 Å². The maximum absolute atomic E-state index is 11.5. The van der Waals surface area contributed by atoms with Crippen LogP contribution in [0.15, 0.2) is 48.6 Å². The van der Waals surface area contributed by atoms with Crippen molar-refractivity contribution < 1.29 is 19.1 Å². The Kier molecular flexibility index (Phi) is 19.1. The standard InChI is InChI=1S/C25H40O4/c1-4-5-6-7-8-9-10-11-12-13-14-15-16-17-18-19-20-21-24(26)29-25(27)28-22-23(2)3/h8-9,11-12,14-15,17-18,23H,4-7,10,13,16,19-22H2,1-3H3/b9-8-,12-11-,15-14-,18-17-. The number of esters is 1. The minimum atomic E-state index is -0.901. The molecular weight excluding hydrogens is 364 g/mol. The van der Waals surface area contributed by atoms with E-state index in [9.17, 15) is 9.59 Å². The SMILES string of the molecule is CCCCC/C=C\C/C=C\C/C=C\C/C=C\CCCC(=O)OC(=O)OCC(C)C. The van der Waals surface area contributed by atoms with Crippen LogP contribution in [0.5, 0.6) is 0 Å². The van der Waals surface area contributed by atoms with Gasteiger partial charge in [0.2, 0.25) is 0 Å². The van der Waals surface area contributed by atoms with Crippen molar-refractivity contribution in [3.05, 3.63) is 48.6 Å². The van der Waals surface area contributed by atoms with E-state index in [1.54, 1.807) is 0 Å². The molecule has 0 aromatic heterocycles. The van der Waals surface area contributed by atoms with Crippen molar-refractivity contribution in [3.63, 3.8) is 0 Å². The number of allylic oxidation sites excluding steroid dienone is 8. The second-order valence-corrected chi connectivity index (χ2v) is 7.41. The first-order valence-corrected chi connectivity index (χ1v) is 11.0. The Balaban J connectivity index is 3.58. The highest BCUT2D eigenvalue weighted by atomic mass is 16.7. The monoisotopic (exact) mass is 404 g/mol. The molecule has 0 fully saturated rings. The smallest absolute Gasteiger partial charge is 0.434 e. The summed E-state index contributed by atoms with van der Waals surface area (Å²) in [6, 6.07) is 0. The van der Waals surface area contributed by atoms with Gasteiger partial charge in [-0.2, -0.15) is 0 Å². The lowest BCUT2D eigenvalue weighted by molar-refractivity contribution is -0.140. The number of rotatable bonds is 16. The van der Waals surface area contributed by atoms with E-state index in [0.29, 0.717) is 6.42 Å². The number of hydrogen-bond acceptors (Lipinski definition) is 4. The average Bonchev–Trinajstić information content (AvgIpc) is 2.68. The summed E-state index contributed by atoms with van der Waals surface area (Å²) >= 11 is 0. The Hall–Kier alpha value is -2.10. The molecule has 0 N–H and O–H groups in total. The van der Waals surface area contributed by atoms with Crippen LogP contribution in [0.4, 0.5) is 4.79 Å². The fourth-order valence-corrected chi connectivity index (χ4v) is 2.33. The molecule has 4 nitrogen and oxygen atoms in total. The molecule has 0 saturated carbocycles. The van der Waals surface area contributed by atoms with E-state index in [4.69, 9.17) is 4.74 Å². The van der Waals surface area contributed by atoms with Crippen molar-refractivity contribution in [1.82, 2.24) is 0 Å². The molecule has 29 heavy (non-hydrogen) atoms. The predicted molar refractivity (Wildman–Crippen MR) is 121 cm³/mol. The largest absolute Gasteiger partial charge is 0.516 e. The first-order valence-electron chi connectivity index (χ1n) is 11.0. The zero-order valence-electron chi connectivity index (χ0n) is 18.6. The highest BCUT2D eigenvalue weighted by Gasteiger charge is 2.11. The van der Waals surface area contributed by atoms with Crippen LogP contribution in [-0.2, 0) is 14.3 Å². The quantitative estimate of drug-likeness (QED) is 0.116. The van der Waals surface area contributed by atoms with Gasteiger partial charge in [-0.15, -0.1) is 0 Å². The summed E-state index contributed by atoms with van der Waals surface area (Å²) in [5, 5.41) is 0. The first kappa shape index (κ1) is 26.9. The second kappa shape index (κ2) is 20.6. The van der Waals surface area contributed by atoms with Gasteiger partial charge < -0.3 is 9.47 Å². The van der Waals surface area contributed by atoms with Gasteiger partial charge in [0.05, 0.1) is 6.61 Å². The molecule has 0 atom stereocenters. The molecule has 0 aromatic carbocycles. The van der Waals surface area contributed by atoms with Crippen LogP contribution in [0.3, 0.4) is 0 Å². The number of ether oxygens (including phenoxy) is 2. The minimum Gasteiger partial charge on any atom is -0.434 e. The lowest BCUT2D eigenvalue weighted by Crippen LogP contribution is -2.16. The summed E-state index contributed by atoms with van der Waals surface area (Å²) in [4.78, 5) is 22.7. The van der Waals surface area contributed by atoms with E-state index in [0.717, 1.165) is 25.7 Å². The van der Waals surface area contributed by atoms with E-state index in [2.05, 4.69) is 54.2 Å². The van der Waals surface area contributed by atoms with Crippen LogP contribution >= 0.6 is 0 Å². The average molecular weight is 405 g/mol. The number of carbonyl (C=O) groups excluding carboxylic acids is 2. The van der Waals surface area contributed by atoms with Gasteiger partial charge in [-0.25, -0.2) is 4.79 Å². The van der Waals surface area contributed by atoms with Gasteiger partial charge in [0, 0.05) is 6.42 Å². The first-order chi connectivity index (χ1) is 14.1. The van der Waals surface area contributed by atoms with Crippen molar-refractivity contribution in [2.75, 3.05) is 6.61 Å². The molecule has 0 rings (SSSR count). The number of hydrogen-bond donors (Lipinski definition) is 0. The molecule has 0 saturated heterocycles. The summed E-state index contributed by atoms with van der Waals surface area (Å²) in [6.07, 6.45) is 26.0. The molecule has 0 aromatic rings. The zero-order valence-corrected chi connectivity index (χ0v) is 18.6. The molecule has 0 aliphatic rings. The molecule has 0 aliphatic heterocycles. The van der Waals surface area contributed by atoms with Crippen molar-refractivity contribution in [3.8, 4) is 0 Å². The van der Waals surface area contributed by atoms with Gasteiger partial charge in [-0.1, -0.05) is 82.2 Å². The normalized spacial score (nSPS) is 12.1. The molecule has 0 radical (unpaired) electrons. The summed E-state index contributed by atoms with van der Waals surface area (Å²) in [7, 11) is 0. The molecule has 164 valence electrons. The second-order valence-electron chi connectivity index (χ2n) is 7.41. The topological polar surface area (TPSA) is 52.6 Å². The van der Waals surface area contributed by atoms with Gasteiger partial charge in [-0.3, -0.25) is 4.79 Å². The molecule has 4 heteroatoms. The highest BCUT2D eigenvalue weighted by Crippen LogP contribution is 2.03. The molecular formula is C25H40O4. The van der Waals surface area contributed by atoms with Gasteiger partial charge in [0.1, 0.15) is 0 Å². The van der Waals surface area contributed by atoms with Crippen LogP contribution in [-0.4, -0.2) is 18.7 Å². The van der Waals surface area contributed by atoms with Crippen LogP contribution in [0.1, 0.15) is 85.0 Å². The summed E-state index contributed by atoms with van der Waals surface area (Å²) in [5.41, 5.74) is 0. The Morgan fingerprint density at radius 1 is 0.759 bits per heavy atom. The third-order valence-corrected chi connectivity index (χ3v) is 3.94. The van der Waals surface area contributed by atoms with E-state index >= 15 is 0 Å². The fraction of sp³-hybridized carbons (Fsp3) is 0.600. The maximum atomic E-state index is 11.5. The minimum absolute atomic E-state index is 0.217. The Morgan fingerprint density at radius 2 is 1.28 bits per heavy atom. The van der Waals surface area contributed by atoms with Crippen LogP contribution in [0.25, 0.3) is 0 Å². The molecule has 0 heterocycles. The van der Waals surface area contributed by atoms with Crippen LogP contribution in [0.2, 0.25) is 0 Å². The van der Waals surface area contributed by atoms with E-state index in [1.807, 2.05) is 19.9 Å². The van der Waals surface area contributed by atoms with E-state index < -0.39 is 12.1 Å². The lowest BCUT2D eigenvalue weighted by Gasteiger charge is -2.06. The molecule has 0 bridgehead atoms. The number of unbranched alkanes of at least 4 members (excludes halogenated alkanes) is 4. The van der Waals surface area contributed by atoms with Gasteiger partial charge >= 0.3 is 12.1 Å². The van der Waals surface area contributed by atoms with Crippen molar-refractivity contribution >= 4 is 12.1 Å². The van der Waals surface area contributed by atoms with Gasteiger partial charge in [0.25, 0.3) is 0 Å². The summed E-state index contributed by atoms with van der Waals surface area (Å²) in [5.74, 6) is -0.315. The predicted octanol–water partition coefficient (Wildman–Crippen LogP) is 7.47. The lowest BCUT2D eigenvalue weighted by atomic mass is 10.2. The number of carbonyl (C=O) groups is 2. The zero-order chi connectivity index (χ0) is 21.6. The van der Waals surface area contributed by atoms with Crippen molar-refractivity contribution in [1.29, 1.82) is 0 Å². The highest BCUT2D eigenvalue weighted by molar-refractivity contribution is 5.81. The van der Waals surface area contributed by atoms with Crippen molar-refractivity contribution in [2.45, 2.75) is 85.0 Å². The summed E-state index contributed by atoms with van der Waals surface area (Å²) in [6.45, 7) is 6.32. The fourth-order valence-electron chi connectivity index (χ4n) is 2.33. The Labute approximate surface area is 177 Å².